The second-order valence-electron chi connectivity index (χ2n) is 3.68. The van der Waals surface area contributed by atoms with Crippen LogP contribution < -0.4 is 0 Å². The molecular weight excluding hydrogens is 156 g/mol. The fourth-order valence-electron chi connectivity index (χ4n) is 0.717. The van der Waals surface area contributed by atoms with Crippen LogP contribution in [0.25, 0.3) is 0 Å². The molecule has 0 fully saturated rings. The van der Waals surface area contributed by atoms with Gasteiger partial charge in [-0.1, -0.05) is 13.3 Å². The molecule has 0 radical (unpaired) electrons. The lowest BCUT2D eigenvalue weighted by Gasteiger charge is -2.28. The minimum atomic E-state index is -0.894. The standard InChI is InChI=1S/C9H20O3/c1-5-6-8(10)12-7(2)9(3,4)11/h7-8,10-11H,5-6H2,1-4H3. The van der Waals surface area contributed by atoms with Crippen molar-refractivity contribution in [2.75, 3.05) is 0 Å². The quantitative estimate of drug-likeness (QED) is 0.620. The van der Waals surface area contributed by atoms with Crippen molar-refractivity contribution in [1.29, 1.82) is 0 Å². The van der Waals surface area contributed by atoms with Gasteiger partial charge in [0.2, 0.25) is 0 Å². The van der Waals surface area contributed by atoms with Crippen molar-refractivity contribution in [3.05, 3.63) is 0 Å². The van der Waals surface area contributed by atoms with Gasteiger partial charge in [-0.05, 0) is 27.2 Å². The first-order chi connectivity index (χ1) is 5.38. The van der Waals surface area contributed by atoms with E-state index in [1.807, 2.05) is 6.92 Å². The van der Waals surface area contributed by atoms with Crippen LogP contribution in [0.1, 0.15) is 40.5 Å². The largest absolute Gasteiger partial charge is 0.388 e. The van der Waals surface area contributed by atoms with Crippen molar-refractivity contribution < 1.29 is 14.9 Å². The van der Waals surface area contributed by atoms with Crippen LogP contribution in [0, 0.1) is 0 Å². The molecule has 0 aliphatic heterocycles. The molecule has 0 heterocycles. The Kier molecular flexibility index (Phi) is 4.75. The van der Waals surface area contributed by atoms with Crippen LogP contribution in [0.3, 0.4) is 0 Å². The summed E-state index contributed by atoms with van der Waals surface area (Å²) in [6.45, 7) is 7.05. The van der Waals surface area contributed by atoms with Gasteiger partial charge in [0.25, 0.3) is 0 Å². The molecule has 2 unspecified atom stereocenters. The third-order valence-corrected chi connectivity index (χ3v) is 1.89. The maximum absolute atomic E-state index is 9.47. The number of rotatable bonds is 5. The van der Waals surface area contributed by atoms with Crippen LogP contribution in [0.4, 0.5) is 0 Å². The SMILES string of the molecule is CCCC(O)OC(C)C(C)(C)O. The number of ether oxygens (including phenoxy) is 1. The summed E-state index contributed by atoms with van der Waals surface area (Å²) >= 11 is 0. The zero-order valence-electron chi connectivity index (χ0n) is 8.37. The number of aliphatic hydroxyl groups excluding tert-OH is 1. The van der Waals surface area contributed by atoms with E-state index in [4.69, 9.17) is 4.74 Å². The lowest BCUT2D eigenvalue weighted by atomic mass is 10.0. The van der Waals surface area contributed by atoms with Crippen LogP contribution in [0.15, 0.2) is 0 Å². The Balaban J connectivity index is 3.76. The highest BCUT2D eigenvalue weighted by Gasteiger charge is 2.24. The molecule has 3 nitrogen and oxygen atoms in total. The fourth-order valence-corrected chi connectivity index (χ4v) is 0.717. The minimum Gasteiger partial charge on any atom is -0.388 e. The molecule has 0 saturated heterocycles. The molecule has 0 aliphatic carbocycles. The topological polar surface area (TPSA) is 49.7 Å². The number of hydrogen-bond acceptors (Lipinski definition) is 3. The molecule has 0 spiro atoms. The molecule has 74 valence electrons. The zero-order valence-corrected chi connectivity index (χ0v) is 8.37. The molecule has 0 saturated carbocycles. The normalized spacial score (nSPS) is 17.5. The highest BCUT2D eigenvalue weighted by molar-refractivity contribution is 4.73. The molecule has 0 aromatic heterocycles. The van der Waals surface area contributed by atoms with Gasteiger partial charge in [0, 0.05) is 0 Å². The highest BCUT2D eigenvalue weighted by atomic mass is 16.6. The Morgan fingerprint density at radius 3 is 2.25 bits per heavy atom. The summed E-state index contributed by atoms with van der Waals surface area (Å²) in [6, 6.07) is 0. The van der Waals surface area contributed by atoms with Crippen molar-refractivity contribution in [3.63, 3.8) is 0 Å². The van der Waals surface area contributed by atoms with Gasteiger partial charge in [0.1, 0.15) is 0 Å². The van der Waals surface area contributed by atoms with Crippen molar-refractivity contribution >= 4 is 0 Å². The van der Waals surface area contributed by atoms with E-state index in [1.165, 1.54) is 0 Å². The molecule has 2 N–H and O–H groups in total. The maximum Gasteiger partial charge on any atom is 0.155 e. The Labute approximate surface area is 74.4 Å². The van der Waals surface area contributed by atoms with E-state index in [9.17, 15) is 10.2 Å². The molecule has 0 bridgehead atoms. The zero-order chi connectivity index (χ0) is 9.78. The summed E-state index contributed by atoms with van der Waals surface area (Å²) in [5.74, 6) is 0. The Morgan fingerprint density at radius 1 is 1.42 bits per heavy atom. The van der Waals surface area contributed by atoms with Crippen LogP contribution in [-0.4, -0.2) is 28.2 Å². The minimum absolute atomic E-state index is 0.348. The number of hydrogen-bond donors (Lipinski definition) is 2. The average Bonchev–Trinajstić information content (AvgIpc) is 1.85. The van der Waals surface area contributed by atoms with Crippen LogP contribution in [-0.2, 0) is 4.74 Å². The first-order valence-electron chi connectivity index (χ1n) is 4.43. The van der Waals surface area contributed by atoms with Gasteiger partial charge in [-0.2, -0.15) is 0 Å². The van der Waals surface area contributed by atoms with Crippen LogP contribution >= 0.6 is 0 Å². The van der Waals surface area contributed by atoms with Crippen molar-refractivity contribution in [2.45, 2.75) is 58.5 Å². The lowest BCUT2D eigenvalue weighted by molar-refractivity contribution is -0.182. The second kappa shape index (κ2) is 4.80. The summed E-state index contributed by atoms with van der Waals surface area (Å²) in [6.07, 6.45) is 0.385. The van der Waals surface area contributed by atoms with E-state index in [1.54, 1.807) is 20.8 Å². The third kappa shape index (κ3) is 4.70. The van der Waals surface area contributed by atoms with E-state index in [0.29, 0.717) is 6.42 Å². The lowest BCUT2D eigenvalue weighted by Crippen LogP contribution is -2.38. The monoisotopic (exact) mass is 176 g/mol. The smallest absolute Gasteiger partial charge is 0.155 e. The van der Waals surface area contributed by atoms with E-state index in [0.717, 1.165) is 6.42 Å². The molecular formula is C9H20O3. The molecule has 3 heteroatoms. The average molecular weight is 176 g/mol. The molecule has 0 rings (SSSR count). The molecule has 12 heavy (non-hydrogen) atoms. The molecule has 0 aromatic rings. The maximum atomic E-state index is 9.47. The Hall–Kier alpha value is -0.120. The van der Waals surface area contributed by atoms with Gasteiger partial charge in [-0.25, -0.2) is 0 Å². The predicted molar refractivity (Wildman–Crippen MR) is 47.8 cm³/mol. The summed E-state index contributed by atoms with van der Waals surface area (Å²) in [4.78, 5) is 0. The van der Waals surface area contributed by atoms with Crippen molar-refractivity contribution in [1.82, 2.24) is 0 Å². The van der Waals surface area contributed by atoms with E-state index < -0.39 is 11.9 Å². The van der Waals surface area contributed by atoms with Gasteiger partial charge >= 0.3 is 0 Å². The van der Waals surface area contributed by atoms with Gasteiger partial charge < -0.3 is 14.9 Å². The second-order valence-corrected chi connectivity index (χ2v) is 3.68. The van der Waals surface area contributed by atoms with E-state index in [2.05, 4.69) is 0 Å². The Bertz CT molecular complexity index is 117. The first kappa shape index (κ1) is 11.9. The molecule has 2 atom stereocenters. The Morgan fingerprint density at radius 2 is 1.92 bits per heavy atom. The summed E-state index contributed by atoms with van der Waals surface area (Å²) in [7, 11) is 0. The van der Waals surface area contributed by atoms with Crippen LogP contribution in [0.5, 0.6) is 0 Å². The molecule has 0 aromatic carbocycles. The van der Waals surface area contributed by atoms with Gasteiger partial charge in [0.05, 0.1) is 11.7 Å². The molecule has 0 amide bonds. The first-order valence-corrected chi connectivity index (χ1v) is 4.43. The summed E-state index contributed by atoms with van der Waals surface area (Å²) in [5.41, 5.74) is -0.894. The van der Waals surface area contributed by atoms with Crippen molar-refractivity contribution in [3.8, 4) is 0 Å². The van der Waals surface area contributed by atoms with Gasteiger partial charge in [-0.15, -0.1) is 0 Å². The van der Waals surface area contributed by atoms with E-state index in [-0.39, 0.29) is 6.10 Å². The van der Waals surface area contributed by atoms with Crippen LogP contribution in [0.2, 0.25) is 0 Å². The summed E-state index contributed by atoms with van der Waals surface area (Å²) < 4.78 is 5.16. The van der Waals surface area contributed by atoms with Gasteiger partial charge in [0.15, 0.2) is 6.29 Å². The summed E-state index contributed by atoms with van der Waals surface area (Å²) in [5, 5.41) is 18.7. The molecule has 0 aliphatic rings. The highest BCUT2D eigenvalue weighted by Crippen LogP contribution is 2.14. The van der Waals surface area contributed by atoms with Gasteiger partial charge in [-0.3, -0.25) is 0 Å². The third-order valence-electron chi connectivity index (χ3n) is 1.89. The number of aliphatic hydroxyl groups is 2. The van der Waals surface area contributed by atoms with E-state index >= 15 is 0 Å². The predicted octanol–water partition coefficient (Wildman–Crippen LogP) is 1.28. The van der Waals surface area contributed by atoms with Crippen molar-refractivity contribution in [2.24, 2.45) is 0 Å². The fraction of sp³-hybridized carbons (Fsp3) is 1.00.